The number of halogens is 1. The molecule has 2 rings (SSSR count). The molecule has 0 unspecified atom stereocenters. The Kier molecular flexibility index (Phi) is 6.58. The second kappa shape index (κ2) is 8.45. The molecule has 128 valence electrons. The minimum atomic E-state index is 0.379. The highest BCUT2D eigenvalue weighted by Gasteiger charge is 2.16. The Hall–Kier alpha value is -1.65. The molecule has 0 aromatic heterocycles. The Bertz CT molecular complexity index is 718. The number of hydrogen-bond donors (Lipinski definition) is 1. The van der Waals surface area contributed by atoms with Gasteiger partial charge in [-0.2, -0.15) is 0 Å². The Morgan fingerprint density at radius 1 is 1.08 bits per heavy atom. The van der Waals surface area contributed by atoms with Crippen LogP contribution in [-0.2, 0) is 6.42 Å². The van der Waals surface area contributed by atoms with Crippen LogP contribution in [-0.4, -0.2) is 25.8 Å². The van der Waals surface area contributed by atoms with Crippen molar-refractivity contribution in [2.45, 2.75) is 25.2 Å². The molecule has 0 bridgehead atoms. The fourth-order valence-electron chi connectivity index (χ4n) is 2.45. The van der Waals surface area contributed by atoms with Crippen LogP contribution in [0.5, 0.6) is 0 Å². The normalized spacial score (nSPS) is 10.5. The smallest absolute Gasteiger partial charge is 0.202 e. The molecule has 5 heteroatoms. The SMILES string of the molecule is CCSc1ccc(Cl)c(N(C)C(=N)N(C)c2cccc(CC)c2)c1. The minimum Gasteiger partial charge on any atom is -0.316 e. The number of aryl methyl sites for hydroxylation is 1. The Morgan fingerprint density at radius 3 is 2.50 bits per heavy atom. The van der Waals surface area contributed by atoms with Gasteiger partial charge in [-0.25, -0.2) is 0 Å². The van der Waals surface area contributed by atoms with E-state index in [0.29, 0.717) is 11.0 Å². The first kappa shape index (κ1) is 18.7. The average molecular weight is 362 g/mol. The molecular formula is C19H24ClN3S. The lowest BCUT2D eigenvalue weighted by atomic mass is 10.1. The van der Waals surface area contributed by atoms with Crippen molar-refractivity contribution >= 4 is 40.7 Å². The maximum Gasteiger partial charge on any atom is 0.202 e. The zero-order valence-corrected chi connectivity index (χ0v) is 16.2. The molecule has 3 nitrogen and oxygen atoms in total. The Labute approximate surface area is 154 Å². The summed E-state index contributed by atoms with van der Waals surface area (Å²) in [6.45, 7) is 4.26. The molecule has 1 N–H and O–H groups in total. The molecule has 24 heavy (non-hydrogen) atoms. The van der Waals surface area contributed by atoms with Gasteiger partial charge in [0.15, 0.2) is 0 Å². The molecule has 0 heterocycles. The molecule has 0 saturated carbocycles. The quantitative estimate of drug-likeness (QED) is 0.432. The monoisotopic (exact) mass is 361 g/mol. The third-order valence-corrected chi connectivity index (χ3v) is 5.13. The molecule has 0 atom stereocenters. The van der Waals surface area contributed by atoms with Crippen molar-refractivity contribution in [2.75, 3.05) is 29.6 Å². The molecule has 0 radical (unpaired) electrons. The van der Waals surface area contributed by atoms with Gasteiger partial charge in [-0.3, -0.25) is 5.41 Å². The molecule has 0 amide bonds. The summed E-state index contributed by atoms with van der Waals surface area (Å²) in [5.41, 5.74) is 3.11. The standard InChI is InChI=1S/C19H24ClN3S/c1-5-14-8-7-9-15(12-14)22(3)19(21)23(4)18-13-16(24-6-2)10-11-17(18)20/h7-13,21H,5-6H2,1-4H3. The molecular weight excluding hydrogens is 338 g/mol. The van der Waals surface area contributed by atoms with E-state index in [2.05, 4.69) is 26.0 Å². The molecule has 2 aromatic carbocycles. The van der Waals surface area contributed by atoms with Crippen LogP contribution in [0, 0.1) is 5.41 Å². The minimum absolute atomic E-state index is 0.379. The van der Waals surface area contributed by atoms with E-state index in [-0.39, 0.29) is 0 Å². The zero-order valence-electron chi connectivity index (χ0n) is 14.6. The second-order valence-electron chi connectivity index (χ2n) is 5.51. The van der Waals surface area contributed by atoms with E-state index < -0.39 is 0 Å². The lowest BCUT2D eigenvalue weighted by Gasteiger charge is -2.29. The fourth-order valence-corrected chi connectivity index (χ4v) is 3.39. The highest BCUT2D eigenvalue weighted by atomic mass is 35.5. The van der Waals surface area contributed by atoms with Gasteiger partial charge in [0, 0.05) is 24.7 Å². The highest BCUT2D eigenvalue weighted by Crippen LogP contribution is 2.31. The summed E-state index contributed by atoms with van der Waals surface area (Å²) in [5, 5.41) is 9.21. The highest BCUT2D eigenvalue weighted by molar-refractivity contribution is 7.99. The van der Waals surface area contributed by atoms with E-state index in [1.807, 2.05) is 54.2 Å². The number of anilines is 2. The van der Waals surface area contributed by atoms with Gasteiger partial charge in [-0.15, -0.1) is 11.8 Å². The molecule has 0 aliphatic carbocycles. The zero-order chi connectivity index (χ0) is 17.7. The van der Waals surface area contributed by atoms with Crippen LogP contribution in [0.1, 0.15) is 19.4 Å². The van der Waals surface area contributed by atoms with Gasteiger partial charge in [-0.05, 0) is 48.1 Å². The molecule has 0 saturated heterocycles. The summed E-state index contributed by atoms with van der Waals surface area (Å²) in [6.07, 6.45) is 0.979. The van der Waals surface area contributed by atoms with Gasteiger partial charge in [0.05, 0.1) is 10.7 Å². The summed E-state index contributed by atoms with van der Waals surface area (Å²) < 4.78 is 0. The summed E-state index contributed by atoms with van der Waals surface area (Å²) in [5.74, 6) is 1.38. The number of nitrogens with zero attached hydrogens (tertiary/aromatic N) is 2. The number of thioether (sulfide) groups is 1. The third kappa shape index (κ3) is 4.25. The molecule has 0 aliphatic rings. The molecule has 0 fully saturated rings. The van der Waals surface area contributed by atoms with Crippen LogP contribution >= 0.6 is 23.4 Å². The van der Waals surface area contributed by atoms with Crippen molar-refractivity contribution in [3.8, 4) is 0 Å². The fraction of sp³-hybridized carbons (Fsp3) is 0.316. The summed E-state index contributed by atoms with van der Waals surface area (Å²) in [4.78, 5) is 4.85. The Balaban J connectivity index is 2.26. The van der Waals surface area contributed by atoms with Crippen molar-refractivity contribution in [1.82, 2.24) is 0 Å². The first-order valence-electron chi connectivity index (χ1n) is 8.05. The van der Waals surface area contributed by atoms with E-state index in [1.165, 1.54) is 5.56 Å². The van der Waals surface area contributed by atoms with Crippen molar-refractivity contribution in [3.63, 3.8) is 0 Å². The van der Waals surface area contributed by atoms with Crippen molar-refractivity contribution < 1.29 is 0 Å². The average Bonchev–Trinajstić information content (AvgIpc) is 2.61. The summed E-state index contributed by atoms with van der Waals surface area (Å²) in [7, 11) is 3.79. The molecule has 2 aromatic rings. The summed E-state index contributed by atoms with van der Waals surface area (Å²) >= 11 is 8.14. The Morgan fingerprint density at radius 2 is 1.83 bits per heavy atom. The third-order valence-electron chi connectivity index (χ3n) is 3.93. The number of hydrogen-bond acceptors (Lipinski definition) is 2. The molecule has 0 aliphatic heterocycles. The van der Waals surface area contributed by atoms with Crippen molar-refractivity contribution in [2.24, 2.45) is 0 Å². The van der Waals surface area contributed by atoms with Crippen LogP contribution < -0.4 is 9.80 Å². The maximum atomic E-state index is 8.56. The number of benzene rings is 2. The van der Waals surface area contributed by atoms with Crippen LogP contribution in [0.15, 0.2) is 47.4 Å². The first-order valence-corrected chi connectivity index (χ1v) is 9.41. The number of rotatable bonds is 5. The van der Waals surface area contributed by atoms with Gasteiger partial charge in [-0.1, -0.05) is 37.6 Å². The lowest BCUT2D eigenvalue weighted by molar-refractivity contribution is 1.09. The number of nitrogens with one attached hydrogen (secondary N) is 1. The van der Waals surface area contributed by atoms with Gasteiger partial charge in [0.2, 0.25) is 5.96 Å². The first-order chi connectivity index (χ1) is 11.5. The van der Waals surface area contributed by atoms with Gasteiger partial charge in [0.25, 0.3) is 0 Å². The van der Waals surface area contributed by atoms with Gasteiger partial charge in [0.1, 0.15) is 0 Å². The van der Waals surface area contributed by atoms with Crippen LogP contribution in [0.3, 0.4) is 0 Å². The van der Waals surface area contributed by atoms with Crippen LogP contribution in [0.25, 0.3) is 0 Å². The van der Waals surface area contributed by atoms with Crippen molar-refractivity contribution in [1.29, 1.82) is 5.41 Å². The van der Waals surface area contributed by atoms with Crippen LogP contribution in [0.4, 0.5) is 11.4 Å². The van der Waals surface area contributed by atoms with Gasteiger partial charge < -0.3 is 9.80 Å². The predicted molar refractivity (Wildman–Crippen MR) is 108 cm³/mol. The second-order valence-corrected chi connectivity index (χ2v) is 7.26. The largest absolute Gasteiger partial charge is 0.316 e. The van der Waals surface area contributed by atoms with E-state index in [0.717, 1.165) is 28.4 Å². The van der Waals surface area contributed by atoms with E-state index in [9.17, 15) is 0 Å². The van der Waals surface area contributed by atoms with E-state index in [1.54, 1.807) is 11.8 Å². The molecule has 0 spiro atoms. The number of guanidine groups is 1. The van der Waals surface area contributed by atoms with Crippen molar-refractivity contribution in [3.05, 3.63) is 53.1 Å². The van der Waals surface area contributed by atoms with Gasteiger partial charge >= 0.3 is 0 Å². The maximum absolute atomic E-state index is 8.56. The predicted octanol–water partition coefficient (Wildman–Crippen LogP) is 5.52. The van der Waals surface area contributed by atoms with Crippen LogP contribution in [0.2, 0.25) is 5.02 Å². The lowest BCUT2D eigenvalue weighted by Crippen LogP contribution is -2.39. The van der Waals surface area contributed by atoms with E-state index >= 15 is 0 Å². The van der Waals surface area contributed by atoms with E-state index in [4.69, 9.17) is 17.0 Å². The summed E-state index contributed by atoms with van der Waals surface area (Å²) in [6, 6.07) is 14.2. The topological polar surface area (TPSA) is 30.3 Å².